The lowest BCUT2D eigenvalue weighted by molar-refractivity contribution is -0.124. The number of nitrogens with one attached hydrogen (secondary N) is 1. The summed E-state index contributed by atoms with van der Waals surface area (Å²) in [7, 11) is 2.25. The number of amides is 1. The SMILES string of the molecule is CN1C2CCCC1CC(NC(=O)C(N)CC1CCCCC1)C2. The minimum atomic E-state index is -0.303. The standard InChI is InChI=1S/C18H33N3O/c1-21-15-8-5-9-16(21)12-14(11-15)20-18(22)17(19)10-13-6-3-2-4-7-13/h13-17H,2-12,19H2,1H3,(H,20,22). The maximum atomic E-state index is 12.4. The van der Waals surface area contributed by atoms with Gasteiger partial charge in [0, 0.05) is 18.1 Å². The monoisotopic (exact) mass is 307 g/mol. The molecule has 3 fully saturated rings. The lowest BCUT2D eigenvalue weighted by atomic mass is 9.82. The zero-order chi connectivity index (χ0) is 15.5. The topological polar surface area (TPSA) is 58.4 Å². The molecule has 2 saturated heterocycles. The lowest BCUT2D eigenvalue weighted by Gasteiger charge is -2.47. The second-order valence-corrected chi connectivity index (χ2v) is 7.93. The predicted octanol–water partition coefficient (Wildman–Crippen LogP) is 2.42. The van der Waals surface area contributed by atoms with Crippen LogP contribution in [0.1, 0.15) is 70.6 Å². The van der Waals surface area contributed by atoms with Crippen LogP contribution in [0.5, 0.6) is 0 Å². The minimum absolute atomic E-state index is 0.0956. The van der Waals surface area contributed by atoms with Crippen molar-refractivity contribution in [2.75, 3.05) is 7.05 Å². The molecule has 2 heterocycles. The number of carbonyl (C=O) groups excluding carboxylic acids is 1. The first-order valence-electron chi connectivity index (χ1n) is 9.41. The van der Waals surface area contributed by atoms with E-state index < -0.39 is 0 Å². The summed E-state index contributed by atoms with van der Waals surface area (Å²) >= 11 is 0. The van der Waals surface area contributed by atoms with Gasteiger partial charge in [-0.2, -0.15) is 0 Å². The highest BCUT2D eigenvalue weighted by Gasteiger charge is 2.36. The van der Waals surface area contributed by atoms with E-state index in [1.54, 1.807) is 0 Å². The Bertz CT molecular complexity index is 367. The molecule has 4 nitrogen and oxygen atoms in total. The van der Waals surface area contributed by atoms with E-state index in [-0.39, 0.29) is 11.9 Å². The lowest BCUT2D eigenvalue weighted by Crippen LogP contribution is -2.57. The van der Waals surface area contributed by atoms with Crippen molar-refractivity contribution < 1.29 is 4.79 Å². The molecule has 3 aliphatic rings. The van der Waals surface area contributed by atoms with Gasteiger partial charge in [0.2, 0.25) is 5.91 Å². The predicted molar refractivity (Wildman–Crippen MR) is 89.5 cm³/mol. The fourth-order valence-electron chi connectivity index (χ4n) is 4.93. The third-order valence-corrected chi connectivity index (χ3v) is 6.33. The molecule has 1 amide bonds. The van der Waals surface area contributed by atoms with Gasteiger partial charge in [-0.15, -0.1) is 0 Å². The average Bonchev–Trinajstić information content (AvgIpc) is 2.49. The quantitative estimate of drug-likeness (QED) is 0.838. The molecule has 0 radical (unpaired) electrons. The number of hydrogen-bond donors (Lipinski definition) is 2. The summed E-state index contributed by atoms with van der Waals surface area (Å²) in [5, 5.41) is 3.27. The first-order valence-corrected chi connectivity index (χ1v) is 9.41. The van der Waals surface area contributed by atoms with E-state index >= 15 is 0 Å². The highest BCUT2D eigenvalue weighted by Crippen LogP contribution is 2.33. The van der Waals surface area contributed by atoms with E-state index in [9.17, 15) is 4.79 Å². The summed E-state index contributed by atoms with van der Waals surface area (Å²) < 4.78 is 0. The molecule has 4 heteroatoms. The highest BCUT2D eigenvalue weighted by molar-refractivity contribution is 5.81. The van der Waals surface area contributed by atoms with Gasteiger partial charge in [-0.05, 0) is 45.1 Å². The maximum Gasteiger partial charge on any atom is 0.237 e. The molecule has 1 saturated carbocycles. The average molecular weight is 307 g/mol. The van der Waals surface area contributed by atoms with Crippen LogP contribution >= 0.6 is 0 Å². The number of nitrogens with zero attached hydrogens (tertiary/aromatic N) is 1. The van der Waals surface area contributed by atoms with Crippen LogP contribution in [-0.4, -0.2) is 42.0 Å². The van der Waals surface area contributed by atoms with Gasteiger partial charge in [-0.25, -0.2) is 0 Å². The Labute approximate surface area is 135 Å². The van der Waals surface area contributed by atoms with E-state index in [0.717, 1.165) is 19.3 Å². The molecule has 1 aliphatic carbocycles. The normalized spacial score (nSPS) is 35.1. The van der Waals surface area contributed by atoms with E-state index in [1.165, 1.54) is 51.4 Å². The van der Waals surface area contributed by atoms with E-state index in [4.69, 9.17) is 5.73 Å². The summed E-state index contributed by atoms with van der Waals surface area (Å²) in [6.45, 7) is 0. The third-order valence-electron chi connectivity index (χ3n) is 6.33. The number of rotatable bonds is 4. The van der Waals surface area contributed by atoms with Gasteiger partial charge in [0.25, 0.3) is 0 Å². The summed E-state index contributed by atoms with van der Waals surface area (Å²) in [5.41, 5.74) is 6.19. The fraction of sp³-hybridized carbons (Fsp3) is 0.944. The Morgan fingerprint density at radius 3 is 2.36 bits per heavy atom. The van der Waals surface area contributed by atoms with Crippen molar-refractivity contribution >= 4 is 5.91 Å². The molecule has 2 bridgehead atoms. The third kappa shape index (κ3) is 3.83. The van der Waals surface area contributed by atoms with Gasteiger partial charge in [-0.3, -0.25) is 4.79 Å². The Morgan fingerprint density at radius 2 is 1.73 bits per heavy atom. The first-order chi connectivity index (χ1) is 10.6. The van der Waals surface area contributed by atoms with Gasteiger partial charge in [0.1, 0.15) is 0 Å². The zero-order valence-electron chi connectivity index (χ0n) is 14.1. The number of piperidine rings is 2. The van der Waals surface area contributed by atoms with Crippen LogP contribution in [-0.2, 0) is 4.79 Å². The van der Waals surface area contributed by atoms with E-state index in [1.807, 2.05) is 0 Å². The molecule has 126 valence electrons. The van der Waals surface area contributed by atoms with Crippen molar-refractivity contribution in [2.24, 2.45) is 11.7 Å². The van der Waals surface area contributed by atoms with E-state index in [2.05, 4.69) is 17.3 Å². The number of hydrogen-bond acceptors (Lipinski definition) is 3. The Hall–Kier alpha value is -0.610. The fourth-order valence-corrected chi connectivity index (χ4v) is 4.93. The zero-order valence-corrected chi connectivity index (χ0v) is 14.1. The van der Waals surface area contributed by atoms with Crippen LogP contribution in [0.25, 0.3) is 0 Å². The summed E-state index contributed by atoms with van der Waals surface area (Å²) in [5.74, 6) is 0.768. The molecule has 22 heavy (non-hydrogen) atoms. The van der Waals surface area contributed by atoms with Crippen molar-refractivity contribution in [1.29, 1.82) is 0 Å². The second kappa shape index (κ2) is 7.31. The van der Waals surface area contributed by atoms with Crippen molar-refractivity contribution in [1.82, 2.24) is 10.2 Å². The molecule has 0 spiro atoms. The molecule has 0 aromatic heterocycles. The highest BCUT2D eigenvalue weighted by atomic mass is 16.2. The molecule has 3 N–H and O–H groups in total. The molecule has 0 aromatic carbocycles. The second-order valence-electron chi connectivity index (χ2n) is 7.93. The number of carbonyl (C=O) groups is 1. The minimum Gasteiger partial charge on any atom is -0.352 e. The van der Waals surface area contributed by atoms with Crippen LogP contribution in [0.4, 0.5) is 0 Å². The Balaban J connectivity index is 1.46. The number of nitrogens with two attached hydrogens (primary N) is 1. The molecular weight excluding hydrogens is 274 g/mol. The van der Waals surface area contributed by atoms with Gasteiger partial charge < -0.3 is 16.0 Å². The molecule has 2 aliphatic heterocycles. The summed E-state index contributed by atoms with van der Waals surface area (Å²) in [4.78, 5) is 15.0. The van der Waals surface area contributed by atoms with Crippen LogP contribution in [0, 0.1) is 5.92 Å². The van der Waals surface area contributed by atoms with Crippen molar-refractivity contribution in [2.45, 2.75) is 94.8 Å². The van der Waals surface area contributed by atoms with Crippen LogP contribution < -0.4 is 11.1 Å². The molecule has 0 aromatic rings. The molecular formula is C18H33N3O. The Kier molecular flexibility index (Phi) is 5.40. The van der Waals surface area contributed by atoms with Crippen LogP contribution in [0.15, 0.2) is 0 Å². The Morgan fingerprint density at radius 1 is 1.09 bits per heavy atom. The van der Waals surface area contributed by atoms with Gasteiger partial charge >= 0.3 is 0 Å². The molecule has 3 atom stereocenters. The van der Waals surface area contributed by atoms with Gasteiger partial charge in [-0.1, -0.05) is 38.5 Å². The van der Waals surface area contributed by atoms with Crippen molar-refractivity contribution in [3.63, 3.8) is 0 Å². The van der Waals surface area contributed by atoms with Gasteiger partial charge in [0.15, 0.2) is 0 Å². The largest absolute Gasteiger partial charge is 0.352 e. The maximum absolute atomic E-state index is 12.4. The molecule has 3 unspecified atom stereocenters. The van der Waals surface area contributed by atoms with Crippen molar-refractivity contribution in [3.05, 3.63) is 0 Å². The van der Waals surface area contributed by atoms with Crippen LogP contribution in [0.3, 0.4) is 0 Å². The number of fused-ring (bicyclic) bond motifs is 2. The summed E-state index contributed by atoms with van der Waals surface area (Å²) in [6, 6.07) is 1.36. The first kappa shape index (κ1) is 16.3. The summed E-state index contributed by atoms with van der Waals surface area (Å²) in [6.07, 6.45) is 13.5. The van der Waals surface area contributed by atoms with Crippen molar-refractivity contribution in [3.8, 4) is 0 Å². The van der Waals surface area contributed by atoms with Gasteiger partial charge in [0.05, 0.1) is 6.04 Å². The van der Waals surface area contributed by atoms with Crippen LogP contribution in [0.2, 0.25) is 0 Å². The smallest absolute Gasteiger partial charge is 0.237 e. The van der Waals surface area contributed by atoms with E-state index in [0.29, 0.717) is 24.0 Å². The molecule has 3 rings (SSSR count).